The van der Waals surface area contributed by atoms with Crippen LogP contribution >= 0.6 is 11.3 Å². The van der Waals surface area contributed by atoms with Gasteiger partial charge in [-0.2, -0.15) is 0 Å². The summed E-state index contributed by atoms with van der Waals surface area (Å²) < 4.78 is 0. The number of hydrogen-bond donors (Lipinski definition) is 2. The fourth-order valence-electron chi connectivity index (χ4n) is 2.74. The Kier molecular flexibility index (Phi) is 5.20. The lowest BCUT2D eigenvalue weighted by atomic mass is 9.83. The van der Waals surface area contributed by atoms with Crippen LogP contribution in [0.1, 0.15) is 43.0 Å². The summed E-state index contributed by atoms with van der Waals surface area (Å²) >= 11 is 1.75. The van der Waals surface area contributed by atoms with E-state index in [4.69, 9.17) is 0 Å². The average molecular weight is 266 g/mol. The first-order chi connectivity index (χ1) is 8.81. The van der Waals surface area contributed by atoms with Crippen LogP contribution in [0.3, 0.4) is 0 Å². The Labute approximate surface area is 113 Å². The van der Waals surface area contributed by atoms with Gasteiger partial charge in [0.2, 0.25) is 5.91 Å². The zero-order valence-corrected chi connectivity index (χ0v) is 11.8. The maximum absolute atomic E-state index is 11.8. The Hall–Kier alpha value is -0.870. The quantitative estimate of drug-likeness (QED) is 0.860. The number of carbonyl (C=O) groups is 1. The molecule has 0 spiro atoms. The summed E-state index contributed by atoms with van der Waals surface area (Å²) in [5, 5.41) is 8.20. The van der Waals surface area contributed by atoms with Crippen molar-refractivity contribution >= 4 is 17.2 Å². The summed E-state index contributed by atoms with van der Waals surface area (Å²) in [6.45, 7) is 0.397. The van der Waals surface area contributed by atoms with Crippen LogP contribution in [0.15, 0.2) is 17.5 Å². The van der Waals surface area contributed by atoms with E-state index in [1.165, 1.54) is 37.0 Å². The van der Waals surface area contributed by atoms with Gasteiger partial charge in [-0.25, -0.2) is 0 Å². The number of thiophene rings is 1. The third kappa shape index (κ3) is 3.56. The van der Waals surface area contributed by atoms with Crippen molar-refractivity contribution in [2.45, 2.75) is 38.1 Å². The summed E-state index contributed by atoms with van der Waals surface area (Å²) in [5.41, 5.74) is 0. The molecule has 1 heterocycles. The summed E-state index contributed by atoms with van der Waals surface area (Å²) in [6, 6.07) is 4.43. The van der Waals surface area contributed by atoms with Crippen LogP contribution in [0.2, 0.25) is 0 Å². The minimum absolute atomic E-state index is 0.0986. The first-order valence-electron chi connectivity index (χ1n) is 6.78. The lowest BCUT2D eigenvalue weighted by Gasteiger charge is -2.30. The van der Waals surface area contributed by atoms with Crippen LogP contribution in [0, 0.1) is 5.92 Å². The van der Waals surface area contributed by atoms with Crippen LogP contribution in [0.5, 0.6) is 0 Å². The van der Waals surface area contributed by atoms with Crippen molar-refractivity contribution in [2.24, 2.45) is 5.92 Å². The number of hydrogen-bond acceptors (Lipinski definition) is 3. The molecule has 0 radical (unpaired) electrons. The molecule has 18 heavy (non-hydrogen) atoms. The van der Waals surface area contributed by atoms with E-state index in [9.17, 15) is 4.79 Å². The van der Waals surface area contributed by atoms with Gasteiger partial charge >= 0.3 is 0 Å². The van der Waals surface area contributed by atoms with Crippen LogP contribution in [0.25, 0.3) is 0 Å². The lowest BCUT2D eigenvalue weighted by molar-refractivity contribution is -0.121. The topological polar surface area (TPSA) is 41.1 Å². The van der Waals surface area contributed by atoms with Crippen molar-refractivity contribution in [3.8, 4) is 0 Å². The van der Waals surface area contributed by atoms with Gasteiger partial charge in [-0.15, -0.1) is 11.3 Å². The third-order valence-electron chi connectivity index (χ3n) is 3.62. The molecule has 3 nitrogen and oxygen atoms in total. The molecule has 1 aliphatic rings. The Bertz CT molecular complexity index is 358. The Morgan fingerprint density at radius 2 is 2.22 bits per heavy atom. The van der Waals surface area contributed by atoms with E-state index in [1.54, 1.807) is 18.4 Å². The van der Waals surface area contributed by atoms with Gasteiger partial charge in [0.05, 0.1) is 12.6 Å². The number of likely N-dealkylation sites (N-methyl/N-ethyl adjacent to an activating group) is 1. The summed E-state index contributed by atoms with van der Waals surface area (Å²) in [5.74, 6) is 0.708. The smallest absolute Gasteiger partial charge is 0.234 e. The third-order valence-corrected chi connectivity index (χ3v) is 4.58. The Morgan fingerprint density at radius 3 is 2.83 bits per heavy atom. The molecule has 1 aromatic rings. The second kappa shape index (κ2) is 6.90. The maximum Gasteiger partial charge on any atom is 0.234 e. The van der Waals surface area contributed by atoms with E-state index in [-0.39, 0.29) is 11.9 Å². The van der Waals surface area contributed by atoms with Gasteiger partial charge < -0.3 is 10.6 Å². The fraction of sp³-hybridized carbons (Fsp3) is 0.643. The largest absolute Gasteiger partial charge is 0.347 e. The van der Waals surface area contributed by atoms with E-state index in [2.05, 4.69) is 28.1 Å². The van der Waals surface area contributed by atoms with Crippen molar-refractivity contribution in [3.05, 3.63) is 22.4 Å². The van der Waals surface area contributed by atoms with E-state index < -0.39 is 0 Å². The van der Waals surface area contributed by atoms with E-state index in [0.717, 1.165) is 0 Å². The highest BCUT2D eigenvalue weighted by atomic mass is 32.1. The van der Waals surface area contributed by atoms with Gasteiger partial charge in [0.1, 0.15) is 0 Å². The normalized spacial score (nSPS) is 18.5. The molecule has 1 saturated carbocycles. The van der Waals surface area contributed by atoms with Crippen LogP contribution in [-0.2, 0) is 4.79 Å². The van der Waals surface area contributed by atoms with Gasteiger partial charge in [-0.05, 0) is 37.3 Å². The van der Waals surface area contributed by atoms with Gasteiger partial charge in [0.25, 0.3) is 0 Å². The standard InChI is InChI=1S/C14H22N2OS/c1-15-10-13(17)16-14(12-8-5-9-18-12)11-6-3-2-4-7-11/h5,8-9,11,14-15H,2-4,6-7,10H2,1H3,(H,16,17). The molecular weight excluding hydrogens is 244 g/mol. The fourth-order valence-corrected chi connectivity index (χ4v) is 3.61. The van der Waals surface area contributed by atoms with Crippen molar-refractivity contribution in [2.75, 3.05) is 13.6 Å². The van der Waals surface area contributed by atoms with E-state index >= 15 is 0 Å². The zero-order valence-electron chi connectivity index (χ0n) is 10.9. The molecule has 0 aliphatic heterocycles. The summed E-state index contributed by atoms with van der Waals surface area (Å²) in [6.07, 6.45) is 6.42. The number of carbonyl (C=O) groups excluding carboxylic acids is 1. The Balaban J connectivity index is 2.05. The molecule has 4 heteroatoms. The molecule has 1 fully saturated rings. The highest BCUT2D eigenvalue weighted by Crippen LogP contribution is 2.36. The summed E-state index contributed by atoms with van der Waals surface area (Å²) in [4.78, 5) is 13.1. The predicted molar refractivity (Wildman–Crippen MR) is 75.7 cm³/mol. The zero-order chi connectivity index (χ0) is 12.8. The van der Waals surface area contributed by atoms with Crippen LogP contribution in [0.4, 0.5) is 0 Å². The number of nitrogens with one attached hydrogen (secondary N) is 2. The molecule has 0 aromatic carbocycles. The maximum atomic E-state index is 11.8. The highest BCUT2D eigenvalue weighted by Gasteiger charge is 2.26. The monoisotopic (exact) mass is 266 g/mol. The van der Waals surface area contributed by atoms with Gasteiger partial charge in [0.15, 0.2) is 0 Å². The molecule has 1 atom stereocenters. The van der Waals surface area contributed by atoms with Crippen LogP contribution in [-0.4, -0.2) is 19.5 Å². The number of rotatable bonds is 5. The average Bonchev–Trinajstić information content (AvgIpc) is 2.91. The van der Waals surface area contributed by atoms with Gasteiger partial charge in [-0.1, -0.05) is 25.3 Å². The van der Waals surface area contributed by atoms with Gasteiger partial charge in [0, 0.05) is 4.88 Å². The van der Waals surface area contributed by atoms with Crippen molar-refractivity contribution in [1.82, 2.24) is 10.6 Å². The SMILES string of the molecule is CNCC(=O)NC(c1cccs1)C1CCCCC1. The molecule has 2 N–H and O–H groups in total. The minimum atomic E-state index is 0.0986. The molecule has 1 amide bonds. The molecule has 100 valence electrons. The van der Waals surface area contributed by atoms with Gasteiger partial charge in [-0.3, -0.25) is 4.79 Å². The first-order valence-corrected chi connectivity index (χ1v) is 7.66. The highest BCUT2D eigenvalue weighted by molar-refractivity contribution is 7.10. The van der Waals surface area contributed by atoms with Crippen LogP contribution < -0.4 is 10.6 Å². The van der Waals surface area contributed by atoms with Crippen molar-refractivity contribution in [3.63, 3.8) is 0 Å². The molecule has 2 rings (SSSR count). The van der Waals surface area contributed by atoms with E-state index in [1.807, 2.05) is 0 Å². The molecule has 0 bridgehead atoms. The second-order valence-electron chi connectivity index (χ2n) is 4.99. The minimum Gasteiger partial charge on any atom is -0.347 e. The summed E-state index contributed by atoms with van der Waals surface area (Å²) in [7, 11) is 1.81. The van der Waals surface area contributed by atoms with Crippen molar-refractivity contribution < 1.29 is 4.79 Å². The lowest BCUT2D eigenvalue weighted by Crippen LogP contribution is -2.38. The molecule has 1 aromatic heterocycles. The Morgan fingerprint density at radius 1 is 1.44 bits per heavy atom. The first kappa shape index (κ1) is 13.6. The second-order valence-corrected chi connectivity index (χ2v) is 5.97. The van der Waals surface area contributed by atoms with Crippen molar-refractivity contribution in [1.29, 1.82) is 0 Å². The molecule has 1 unspecified atom stereocenters. The van der Waals surface area contributed by atoms with E-state index in [0.29, 0.717) is 12.5 Å². The number of amides is 1. The molecule has 0 saturated heterocycles. The predicted octanol–water partition coefficient (Wildman–Crippen LogP) is 2.71. The molecular formula is C14H22N2OS. The molecule has 1 aliphatic carbocycles.